The number of hydrogen-bond donors (Lipinski definition) is 1. The third-order valence-corrected chi connectivity index (χ3v) is 5.51. The molecule has 0 fully saturated rings. The standard InChI is InChI=1S/C21H18FN5/c1-3-14-11-24-16-6-4-5-13-9-18(27(14)19(13)16)21-25-17-8-12(10-23)7-15(22)20(17)26(21)2/h4-9,14,24H,3,11H2,1-2H3. The quantitative estimate of drug-likeness (QED) is 0.570. The number of halogens is 1. The highest BCUT2D eigenvalue weighted by Gasteiger charge is 2.26. The molecule has 5 rings (SSSR count). The molecule has 3 heterocycles. The van der Waals surface area contributed by atoms with Gasteiger partial charge in [0.15, 0.2) is 5.82 Å². The average Bonchev–Trinajstić information content (AvgIpc) is 3.22. The van der Waals surface area contributed by atoms with E-state index in [1.807, 2.05) is 19.2 Å². The van der Waals surface area contributed by atoms with Gasteiger partial charge in [0, 0.05) is 19.0 Å². The number of aryl methyl sites for hydroxylation is 1. The Kier molecular flexibility index (Phi) is 3.28. The summed E-state index contributed by atoms with van der Waals surface area (Å²) in [5.41, 5.74) is 4.45. The zero-order valence-electron chi connectivity index (χ0n) is 15.1. The highest BCUT2D eigenvalue weighted by Crippen LogP contribution is 2.39. The summed E-state index contributed by atoms with van der Waals surface area (Å²) < 4.78 is 18.7. The van der Waals surface area contributed by atoms with E-state index in [0.717, 1.165) is 35.2 Å². The van der Waals surface area contributed by atoms with E-state index in [1.165, 1.54) is 6.07 Å². The molecule has 27 heavy (non-hydrogen) atoms. The first kappa shape index (κ1) is 15.9. The number of nitrogens with one attached hydrogen (secondary N) is 1. The molecule has 0 saturated carbocycles. The van der Waals surface area contributed by atoms with Crippen molar-refractivity contribution in [1.82, 2.24) is 14.1 Å². The van der Waals surface area contributed by atoms with Crippen molar-refractivity contribution < 1.29 is 4.39 Å². The highest BCUT2D eigenvalue weighted by atomic mass is 19.1. The van der Waals surface area contributed by atoms with Gasteiger partial charge in [-0.2, -0.15) is 5.26 Å². The van der Waals surface area contributed by atoms with E-state index in [2.05, 4.69) is 35.0 Å². The molecule has 2 aromatic heterocycles. The minimum Gasteiger partial charge on any atom is -0.381 e. The zero-order chi connectivity index (χ0) is 18.7. The molecule has 1 aliphatic rings. The van der Waals surface area contributed by atoms with Crippen LogP contribution in [0.2, 0.25) is 0 Å². The predicted octanol–water partition coefficient (Wildman–Crippen LogP) is 4.58. The van der Waals surface area contributed by atoms with Crippen molar-refractivity contribution in [3.8, 4) is 17.6 Å². The number of aromatic nitrogens is 3. The first-order chi connectivity index (χ1) is 13.1. The molecule has 0 aliphatic carbocycles. The van der Waals surface area contributed by atoms with Crippen LogP contribution in [0.4, 0.5) is 10.1 Å². The Morgan fingerprint density at radius 1 is 1.30 bits per heavy atom. The fraction of sp³-hybridized carbons (Fsp3) is 0.238. The van der Waals surface area contributed by atoms with Crippen LogP contribution < -0.4 is 5.32 Å². The number of nitrogens with zero attached hydrogens (tertiary/aromatic N) is 4. The number of rotatable bonds is 2. The van der Waals surface area contributed by atoms with Gasteiger partial charge in [0.05, 0.1) is 40.1 Å². The van der Waals surface area contributed by atoms with Crippen molar-refractivity contribution in [2.45, 2.75) is 19.4 Å². The first-order valence-corrected chi connectivity index (χ1v) is 9.06. The second-order valence-corrected chi connectivity index (χ2v) is 7.02. The van der Waals surface area contributed by atoms with E-state index in [0.29, 0.717) is 22.9 Å². The third-order valence-electron chi connectivity index (χ3n) is 5.51. The van der Waals surface area contributed by atoms with Crippen molar-refractivity contribution in [2.24, 2.45) is 7.05 Å². The summed E-state index contributed by atoms with van der Waals surface area (Å²) in [6.45, 7) is 3.02. The largest absolute Gasteiger partial charge is 0.381 e. The lowest BCUT2D eigenvalue weighted by atomic mass is 10.1. The normalized spacial score (nSPS) is 15.9. The molecule has 134 valence electrons. The summed E-state index contributed by atoms with van der Waals surface area (Å²) in [6.07, 6.45) is 0.981. The molecule has 2 aromatic carbocycles. The minimum absolute atomic E-state index is 0.282. The van der Waals surface area contributed by atoms with Crippen LogP contribution in [0.3, 0.4) is 0 Å². The molecule has 0 bridgehead atoms. The number of imidazole rings is 1. The van der Waals surface area contributed by atoms with Crippen LogP contribution in [0.5, 0.6) is 0 Å². The van der Waals surface area contributed by atoms with Crippen LogP contribution in [0.25, 0.3) is 33.5 Å². The third kappa shape index (κ3) is 2.12. The molecule has 1 N–H and O–H groups in total. The summed E-state index contributed by atoms with van der Waals surface area (Å²) in [6, 6.07) is 13.6. The van der Waals surface area contributed by atoms with Gasteiger partial charge < -0.3 is 14.5 Å². The van der Waals surface area contributed by atoms with E-state index in [4.69, 9.17) is 10.2 Å². The monoisotopic (exact) mass is 359 g/mol. The van der Waals surface area contributed by atoms with Gasteiger partial charge in [0.1, 0.15) is 11.3 Å². The molecular formula is C21H18FN5. The molecular weight excluding hydrogens is 341 g/mol. The van der Waals surface area contributed by atoms with E-state index in [1.54, 1.807) is 10.6 Å². The molecule has 1 atom stereocenters. The second kappa shape index (κ2) is 5.58. The number of nitriles is 1. The number of benzene rings is 2. The molecule has 1 unspecified atom stereocenters. The van der Waals surface area contributed by atoms with Crippen LogP contribution in [-0.2, 0) is 7.05 Å². The number of para-hydroxylation sites is 1. The Morgan fingerprint density at radius 3 is 2.93 bits per heavy atom. The van der Waals surface area contributed by atoms with E-state index >= 15 is 0 Å². The SMILES string of the molecule is CCC1CNc2cccc3cc(-c4nc5cc(C#N)cc(F)c5n4C)n1c23. The Morgan fingerprint density at radius 2 is 2.15 bits per heavy atom. The molecule has 6 heteroatoms. The van der Waals surface area contributed by atoms with Gasteiger partial charge in [-0.3, -0.25) is 0 Å². The van der Waals surface area contributed by atoms with Gasteiger partial charge in [0.2, 0.25) is 0 Å². The van der Waals surface area contributed by atoms with Gasteiger partial charge in [-0.25, -0.2) is 9.37 Å². The molecule has 1 aliphatic heterocycles. The minimum atomic E-state index is -0.422. The van der Waals surface area contributed by atoms with E-state index in [9.17, 15) is 4.39 Å². The summed E-state index contributed by atoms with van der Waals surface area (Å²) in [5, 5.41) is 13.8. The van der Waals surface area contributed by atoms with Gasteiger partial charge in [-0.05, 0) is 30.7 Å². The average molecular weight is 359 g/mol. The van der Waals surface area contributed by atoms with Gasteiger partial charge in [-0.15, -0.1) is 0 Å². The summed E-state index contributed by atoms with van der Waals surface area (Å²) >= 11 is 0. The highest BCUT2D eigenvalue weighted by molar-refractivity contribution is 5.97. The fourth-order valence-corrected chi connectivity index (χ4v) is 4.21. The maximum absolute atomic E-state index is 14.6. The van der Waals surface area contributed by atoms with Crippen LogP contribution in [-0.4, -0.2) is 20.7 Å². The van der Waals surface area contributed by atoms with Gasteiger partial charge >= 0.3 is 0 Å². The zero-order valence-corrected chi connectivity index (χ0v) is 15.1. The van der Waals surface area contributed by atoms with Crippen LogP contribution in [0.15, 0.2) is 36.4 Å². The molecule has 5 nitrogen and oxygen atoms in total. The van der Waals surface area contributed by atoms with Crippen molar-refractivity contribution in [3.05, 3.63) is 47.8 Å². The van der Waals surface area contributed by atoms with Crippen LogP contribution in [0.1, 0.15) is 24.9 Å². The van der Waals surface area contributed by atoms with Crippen LogP contribution >= 0.6 is 0 Å². The lowest BCUT2D eigenvalue weighted by Crippen LogP contribution is -2.24. The fourth-order valence-electron chi connectivity index (χ4n) is 4.21. The topological polar surface area (TPSA) is 58.6 Å². The van der Waals surface area contributed by atoms with Crippen molar-refractivity contribution in [2.75, 3.05) is 11.9 Å². The Bertz CT molecular complexity index is 1260. The van der Waals surface area contributed by atoms with Crippen molar-refractivity contribution in [3.63, 3.8) is 0 Å². The lowest BCUT2D eigenvalue weighted by molar-refractivity contribution is 0.519. The van der Waals surface area contributed by atoms with Gasteiger partial charge in [0.25, 0.3) is 0 Å². The summed E-state index contributed by atoms with van der Waals surface area (Å²) in [5.74, 6) is 0.288. The Balaban J connectivity index is 1.85. The molecule has 4 aromatic rings. The summed E-state index contributed by atoms with van der Waals surface area (Å²) in [4.78, 5) is 4.71. The second-order valence-electron chi connectivity index (χ2n) is 7.02. The molecule has 0 amide bonds. The molecule has 0 spiro atoms. The number of anilines is 1. The van der Waals surface area contributed by atoms with E-state index in [-0.39, 0.29) is 5.56 Å². The first-order valence-electron chi connectivity index (χ1n) is 9.06. The maximum atomic E-state index is 14.6. The molecule has 0 saturated heterocycles. The Labute approximate surface area is 155 Å². The maximum Gasteiger partial charge on any atom is 0.157 e. The van der Waals surface area contributed by atoms with E-state index < -0.39 is 5.82 Å². The lowest BCUT2D eigenvalue weighted by Gasteiger charge is -2.28. The Hall–Kier alpha value is -3.33. The van der Waals surface area contributed by atoms with Gasteiger partial charge in [-0.1, -0.05) is 19.1 Å². The predicted molar refractivity (Wildman–Crippen MR) is 104 cm³/mol. The van der Waals surface area contributed by atoms with Crippen molar-refractivity contribution >= 4 is 27.6 Å². The number of hydrogen-bond acceptors (Lipinski definition) is 3. The van der Waals surface area contributed by atoms with Crippen LogP contribution in [0, 0.1) is 17.1 Å². The summed E-state index contributed by atoms with van der Waals surface area (Å²) in [7, 11) is 1.83. The molecule has 0 radical (unpaired) electrons. The van der Waals surface area contributed by atoms with Crippen molar-refractivity contribution in [1.29, 1.82) is 5.26 Å². The smallest absolute Gasteiger partial charge is 0.157 e. The number of fused-ring (bicyclic) bond motifs is 1.